The van der Waals surface area contributed by atoms with Gasteiger partial charge in [-0.25, -0.2) is 0 Å². The van der Waals surface area contributed by atoms with Crippen LogP contribution in [-0.4, -0.2) is 11.7 Å². The molecule has 1 atom stereocenters. The fraction of sp³-hybridized carbons (Fsp3) is 0.263. The van der Waals surface area contributed by atoms with Crippen molar-refractivity contribution in [2.75, 3.05) is 5.32 Å². The van der Waals surface area contributed by atoms with Crippen molar-refractivity contribution >= 4 is 29.0 Å². The number of Topliss-reactive ketones (excluding diaryl/α,β-unsaturated/α-hetero) is 1. The average molecular weight is 330 g/mol. The lowest BCUT2D eigenvalue weighted by Gasteiger charge is -2.21. The second-order valence-corrected chi connectivity index (χ2v) is 6.30. The molecule has 3 nitrogen and oxygen atoms in total. The highest BCUT2D eigenvalue weighted by molar-refractivity contribution is 6.30. The van der Waals surface area contributed by atoms with Gasteiger partial charge in [-0.15, -0.1) is 0 Å². The van der Waals surface area contributed by atoms with E-state index >= 15 is 0 Å². The lowest BCUT2D eigenvalue weighted by Crippen LogP contribution is -2.25. The van der Waals surface area contributed by atoms with Gasteiger partial charge in [-0.1, -0.05) is 49.7 Å². The minimum Gasteiger partial charge on any atom is -0.325 e. The number of nitrogens with one attached hydrogen (secondary N) is 1. The van der Waals surface area contributed by atoms with E-state index in [1.165, 1.54) is 6.92 Å². The Balaban J connectivity index is 2.30. The number of para-hydroxylation sites is 1. The zero-order chi connectivity index (χ0) is 17.0. The van der Waals surface area contributed by atoms with Crippen LogP contribution in [0.5, 0.6) is 0 Å². The Kier molecular flexibility index (Phi) is 5.56. The molecule has 1 N–H and O–H groups in total. The standard InChI is InChI=1S/C19H20ClNO2/c1-12(2)18(14-8-10-15(20)11-9-14)19(23)21-17-7-5-4-6-16(17)13(3)22/h4-12,18H,1-3H3,(H,21,23)/t18-/m0/s1. The van der Waals surface area contributed by atoms with Crippen LogP contribution in [0.2, 0.25) is 5.02 Å². The third-order valence-electron chi connectivity index (χ3n) is 3.74. The Morgan fingerprint density at radius 1 is 1.00 bits per heavy atom. The Hall–Kier alpha value is -2.13. The van der Waals surface area contributed by atoms with Gasteiger partial charge >= 0.3 is 0 Å². The van der Waals surface area contributed by atoms with Crippen LogP contribution in [0, 0.1) is 5.92 Å². The zero-order valence-corrected chi connectivity index (χ0v) is 14.2. The lowest BCUT2D eigenvalue weighted by atomic mass is 9.87. The Labute approximate surface area is 141 Å². The normalized spacial score (nSPS) is 12.0. The number of hydrogen-bond acceptors (Lipinski definition) is 2. The molecule has 0 aromatic heterocycles. The van der Waals surface area contributed by atoms with E-state index < -0.39 is 0 Å². The number of ketones is 1. The van der Waals surface area contributed by atoms with E-state index in [9.17, 15) is 9.59 Å². The molecule has 0 radical (unpaired) electrons. The van der Waals surface area contributed by atoms with Crippen molar-refractivity contribution < 1.29 is 9.59 Å². The molecule has 0 spiro atoms. The van der Waals surface area contributed by atoms with Crippen LogP contribution in [0.1, 0.15) is 42.6 Å². The Morgan fingerprint density at radius 3 is 2.17 bits per heavy atom. The lowest BCUT2D eigenvalue weighted by molar-refractivity contribution is -0.118. The third kappa shape index (κ3) is 4.20. The maximum absolute atomic E-state index is 12.8. The van der Waals surface area contributed by atoms with E-state index in [0.717, 1.165) is 5.56 Å². The number of amides is 1. The fourth-order valence-electron chi connectivity index (χ4n) is 2.62. The fourth-order valence-corrected chi connectivity index (χ4v) is 2.74. The van der Waals surface area contributed by atoms with Gasteiger partial charge in [-0.05, 0) is 42.7 Å². The first-order chi connectivity index (χ1) is 10.9. The van der Waals surface area contributed by atoms with Crippen LogP contribution in [0.25, 0.3) is 0 Å². The van der Waals surface area contributed by atoms with E-state index in [-0.39, 0.29) is 23.5 Å². The monoisotopic (exact) mass is 329 g/mol. The molecule has 0 heterocycles. The van der Waals surface area contributed by atoms with Gasteiger partial charge in [0.2, 0.25) is 5.91 Å². The summed E-state index contributed by atoms with van der Waals surface area (Å²) in [4.78, 5) is 24.5. The largest absolute Gasteiger partial charge is 0.325 e. The van der Waals surface area contributed by atoms with Crippen molar-refractivity contribution in [1.82, 2.24) is 0 Å². The molecule has 0 unspecified atom stereocenters. The molecule has 0 saturated carbocycles. The predicted molar refractivity (Wildman–Crippen MR) is 94.1 cm³/mol. The summed E-state index contributed by atoms with van der Waals surface area (Å²) in [6, 6.07) is 14.3. The van der Waals surface area contributed by atoms with Crippen LogP contribution < -0.4 is 5.32 Å². The summed E-state index contributed by atoms with van der Waals surface area (Å²) in [5.41, 5.74) is 1.96. The first kappa shape index (κ1) is 17.2. The van der Waals surface area contributed by atoms with Crippen molar-refractivity contribution in [2.45, 2.75) is 26.7 Å². The smallest absolute Gasteiger partial charge is 0.232 e. The summed E-state index contributed by atoms with van der Waals surface area (Å²) in [6.45, 7) is 5.48. The molecule has 1 amide bonds. The molecule has 2 aromatic carbocycles. The molecule has 4 heteroatoms. The summed E-state index contributed by atoms with van der Waals surface area (Å²) in [5, 5.41) is 3.53. The van der Waals surface area contributed by atoms with Crippen LogP contribution >= 0.6 is 11.6 Å². The quantitative estimate of drug-likeness (QED) is 0.791. The van der Waals surface area contributed by atoms with E-state index in [0.29, 0.717) is 16.3 Å². The van der Waals surface area contributed by atoms with E-state index in [4.69, 9.17) is 11.6 Å². The summed E-state index contributed by atoms with van der Waals surface area (Å²) in [6.07, 6.45) is 0. The van der Waals surface area contributed by atoms with Crippen molar-refractivity contribution in [1.29, 1.82) is 0 Å². The molecule has 0 aliphatic carbocycles. The number of carbonyl (C=O) groups excluding carboxylic acids is 2. The summed E-state index contributed by atoms with van der Waals surface area (Å²) >= 11 is 5.92. The molecular weight excluding hydrogens is 310 g/mol. The van der Waals surface area contributed by atoms with E-state index in [2.05, 4.69) is 5.32 Å². The second kappa shape index (κ2) is 7.42. The minimum absolute atomic E-state index is 0.0755. The second-order valence-electron chi connectivity index (χ2n) is 5.86. The van der Waals surface area contributed by atoms with Crippen LogP contribution in [0.4, 0.5) is 5.69 Å². The minimum atomic E-state index is -0.313. The van der Waals surface area contributed by atoms with Crippen LogP contribution in [-0.2, 0) is 4.79 Å². The van der Waals surface area contributed by atoms with Gasteiger partial charge in [-0.2, -0.15) is 0 Å². The van der Waals surface area contributed by atoms with Crippen LogP contribution in [0.3, 0.4) is 0 Å². The molecule has 0 aliphatic rings. The van der Waals surface area contributed by atoms with Crippen molar-refractivity contribution in [3.05, 3.63) is 64.7 Å². The Morgan fingerprint density at radius 2 is 1.61 bits per heavy atom. The molecular formula is C19H20ClNO2. The molecule has 0 fully saturated rings. The van der Waals surface area contributed by atoms with Gasteiger partial charge in [0.25, 0.3) is 0 Å². The van der Waals surface area contributed by atoms with Gasteiger partial charge < -0.3 is 5.32 Å². The van der Waals surface area contributed by atoms with Crippen molar-refractivity contribution in [3.63, 3.8) is 0 Å². The molecule has 0 saturated heterocycles. The predicted octanol–water partition coefficient (Wildman–Crippen LogP) is 4.92. The van der Waals surface area contributed by atoms with Crippen molar-refractivity contribution in [2.24, 2.45) is 5.92 Å². The van der Waals surface area contributed by atoms with E-state index in [1.807, 2.05) is 26.0 Å². The number of carbonyl (C=O) groups is 2. The molecule has 2 rings (SSSR count). The summed E-state index contributed by atoms with van der Waals surface area (Å²) < 4.78 is 0. The van der Waals surface area contributed by atoms with Crippen LogP contribution in [0.15, 0.2) is 48.5 Å². The first-order valence-corrected chi connectivity index (χ1v) is 7.94. The average Bonchev–Trinajstić information content (AvgIpc) is 2.49. The number of rotatable bonds is 5. The number of halogens is 1. The topological polar surface area (TPSA) is 46.2 Å². The Bertz CT molecular complexity index is 708. The van der Waals surface area contributed by atoms with Gasteiger partial charge in [0.05, 0.1) is 11.6 Å². The van der Waals surface area contributed by atoms with Gasteiger partial charge in [0.1, 0.15) is 0 Å². The van der Waals surface area contributed by atoms with Gasteiger partial charge in [-0.3, -0.25) is 9.59 Å². The number of hydrogen-bond donors (Lipinski definition) is 1. The molecule has 120 valence electrons. The summed E-state index contributed by atoms with van der Waals surface area (Å²) in [7, 11) is 0. The highest BCUT2D eigenvalue weighted by Crippen LogP contribution is 2.28. The molecule has 0 bridgehead atoms. The van der Waals surface area contributed by atoms with E-state index in [1.54, 1.807) is 36.4 Å². The number of anilines is 1. The number of benzene rings is 2. The maximum Gasteiger partial charge on any atom is 0.232 e. The SMILES string of the molecule is CC(=O)c1ccccc1NC(=O)[C@H](c1ccc(Cl)cc1)C(C)C. The van der Waals surface area contributed by atoms with Crippen molar-refractivity contribution in [3.8, 4) is 0 Å². The first-order valence-electron chi connectivity index (χ1n) is 7.56. The molecule has 0 aliphatic heterocycles. The highest BCUT2D eigenvalue weighted by atomic mass is 35.5. The van der Waals surface area contributed by atoms with Gasteiger partial charge in [0.15, 0.2) is 5.78 Å². The third-order valence-corrected chi connectivity index (χ3v) is 3.99. The summed E-state index contributed by atoms with van der Waals surface area (Å²) in [5.74, 6) is -0.405. The van der Waals surface area contributed by atoms with Gasteiger partial charge in [0, 0.05) is 10.6 Å². The zero-order valence-electron chi connectivity index (χ0n) is 13.5. The highest BCUT2D eigenvalue weighted by Gasteiger charge is 2.25. The molecule has 2 aromatic rings. The maximum atomic E-state index is 12.8. The molecule has 23 heavy (non-hydrogen) atoms.